The normalized spacial score (nSPS) is 16.8. The van der Waals surface area contributed by atoms with E-state index in [0.717, 1.165) is 0 Å². The van der Waals surface area contributed by atoms with Gasteiger partial charge in [-0.2, -0.15) is 0 Å². The summed E-state index contributed by atoms with van der Waals surface area (Å²) in [5.74, 6) is 0.669. The van der Waals surface area contributed by atoms with Gasteiger partial charge in [0.05, 0.1) is 0 Å². The lowest BCUT2D eigenvalue weighted by Crippen LogP contribution is -2.12. The zero-order valence-corrected chi connectivity index (χ0v) is 14.7. The van der Waals surface area contributed by atoms with E-state index in [1.54, 1.807) is 0 Å². The molecule has 0 N–H and O–H groups in total. The quantitative estimate of drug-likeness (QED) is 0.601. The van der Waals surface area contributed by atoms with Gasteiger partial charge >= 0.3 is 0 Å². The number of benzene rings is 2. The fourth-order valence-electron chi connectivity index (χ4n) is 3.24. The van der Waals surface area contributed by atoms with Gasteiger partial charge in [-0.25, -0.2) is 0 Å². The Hall–Kier alpha value is -1.08. The Bertz CT molecular complexity index is 594. The average molecular weight is 343 g/mol. The molecule has 110 valence electrons. The van der Waals surface area contributed by atoms with E-state index in [-0.39, 0.29) is 5.41 Å². The largest absolute Gasteiger partial charge is 0.0835 e. The Morgan fingerprint density at radius 1 is 0.905 bits per heavy atom. The molecule has 0 radical (unpaired) electrons. The lowest BCUT2D eigenvalue weighted by molar-refractivity contribution is 0.553. The van der Waals surface area contributed by atoms with Crippen LogP contribution in [0, 0.1) is 5.92 Å². The molecule has 1 heteroatoms. The third-order valence-corrected chi connectivity index (χ3v) is 5.87. The Labute approximate surface area is 136 Å². The van der Waals surface area contributed by atoms with E-state index in [9.17, 15) is 0 Å². The first kappa shape index (κ1) is 14.8. The molecule has 0 saturated carbocycles. The van der Waals surface area contributed by atoms with Crippen LogP contribution in [0.15, 0.2) is 48.5 Å². The van der Waals surface area contributed by atoms with E-state index < -0.39 is 0 Å². The standard InChI is InChI=1S/C20H23Br/c1-20(2,3)18-10-8-14(9-11-18)19(21)17-12-15-6-4-5-7-16(15)13-17/h4-11,17,19H,12-13H2,1-3H3. The molecule has 0 heterocycles. The summed E-state index contributed by atoms with van der Waals surface area (Å²) in [6.07, 6.45) is 2.38. The van der Waals surface area contributed by atoms with Crippen LogP contribution < -0.4 is 0 Å². The third kappa shape index (κ3) is 3.08. The lowest BCUT2D eigenvalue weighted by Gasteiger charge is -2.22. The maximum absolute atomic E-state index is 3.95. The van der Waals surface area contributed by atoms with E-state index in [2.05, 4.69) is 85.2 Å². The number of alkyl halides is 1. The van der Waals surface area contributed by atoms with Crippen LogP contribution in [0.4, 0.5) is 0 Å². The van der Waals surface area contributed by atoms with Crippen molar-refractivity contribution in [3.8, 4) is 0 Å². The van der Waals surface area contributed by atoms with Gasteiger partial charge in [0.1, 0.15) is 0 Å². The third-order valence-electron chi connectivity index (χ3n) is 4.59. The first-order chi connectivity index (χ1) is 9.95. The minimum atomic E-state index is 0.226. The molecule has 1 unspecified atom stereocenters. The summed E-state index contributed by atoms with van der Waals surface area (Å²) < 4.78 is 0. The molecule has 0 fully saturated rings. The summed E-state index contributed by atoms with van der Waals surface area (Å²) in [6.45, 7) is 6.80. The molecule has 0 nitrogen and oxygen atoms in total. The second kappa shape index (κ2) is 5.61. The highest BCUT2D eigenvalue weighted by atomic mass is 79.9. The molecular formula is C20H23Br. The molecule has 2 aromatic carbocycles. The molecule has 1 atom stereocenters. The summed E-state index contributed by atoms with van der Waals surface area (Å²) in [6, 6.07) is 18.0. The molecule has 1 aliphatic rings. The molecule has 1 aliphatic carbocycles. The highest BCUT2D eigenvalue weighted by Crippen LogP contribution is 2.40. The van der Waals surface area contributed by atoms with Crippen LogP contribution in [-0.2, 0) is 18.3 Å². The van der Waals surface area contributed by atoms with Gasteiger partial charge in [0.2, 0.25) is 0 Å². The van der Waals surface area contributed by atoms with Gasteiger partial charge in [-0.1, -0.05) is 85.2 Å². The van der Waals surface area contributed by atoms with Crippen molar-refractivity contribution in [2.75, 3.05) is 0 Å². The lowest BCUT2D eigenvalue weighted by atomic mass is 9.86. The van der Waals surface area contributed by atoms with Gasteiger partial charge in [-0.05, 0) is 46.4 Å². The van der Waals surface area contributed by atoms with E-state index in [4.69, 9.17) is 0 Å². The highest BCUT2D eigenvalue weighted by Gasteiger charge is 2.28. The number of hydrogen-bond acceptors (Lipinski definition) is 0. The van der Waals surface area contributed by atoms with Gasteiger partial charge in [0, 0.05) is 4.83 Å². The van der Waals surface area contributed by atoms with Crippen LogP contribution in [0.5, 0.6) is 0 Å². The number of fused-ring (bicyclic) bond motifs is 1. The Kier molecular flexibility index (Phi) is 3.96. The predicted molar refractivity (Wildman–Crippen MR) is 94.2 cm³/mol. The van der Waals surface area contributed by atoms with Gasteiger partial charge in [-0.3, -0.25) is 0 Å². The monoisotopic (exact) mass is 342 g/mol. The topological polar surface area (TPSA) is 0 Å². The van der Waals surface area contributed by atoms with Gasteiger partial charge in [-0.15, -0.1) is 0 Å². The predicted octanol–water partition coefficient (Wildman–Crippen LogP) is 5.84. The maximum Gasteiger partial charge on any atom is 0.0429 e. The van der Waals surface area contributed by atoms with Crippen LogP contribution in [0.3, 0.4) is 0 Å². The van der Waals surface area contributed by atoms with Crippen LogP contribution >= 0.6 is 15.9 Å². The second-order valence-corrected chi connectivity index (χ2v) is 8.20. The van der Waals surface area contributed by atoms with Crippen molar-refractivity contribution in [1.29, 1.82) is 0 Å². The summed E-state index contributed by atoms with van der Waals surface area (Å²) in [5.41, 5.74) is 6.09. The summed E-state index contributed by atoms with van der Waals surface area (Å²) >= 11 is 3.95. The van der Waals surface area contributed by atoms with E-state index in [1.165, 1.54) is 35.1 Å². The van der Waals surface area contributed by atoms with Crippen molar-refractivity contribution in [3.05, 3.63) is 70.8 Å². The zero-order valence-electron chi connectivity index (χ0n) is 13.1. The van der Waals surface area contributed by atoms with Crippen LogP contribution in [0.25, 0.3) is 0 Å². The zero-order chi connectivity index (χ0) is 15.0. The first-order valence-corrected chi connectivity index (χ1v) is 8.68. The van der Waals surface area contributed by atoms with E-state index in [0.29, 0.717) is 10.7 Å². The second-order valence-electron chi connectivity index (χ2n) is 7.21. The van der Waals surface area contributed by atoms with Crippen molar-refractivity contribution in [3.63, 3.8) is 0 Å². The van der Waals surface area contributed by atoms with E-state index >= 15 is 0 Å². The van der Waals surface area contributed by atoms with Crippen LogP contribution in [-0.4, -0.2) is 0 Å². The fraction of sp³-hybridized carbons (Fsp3) is 0.400. The molecule has 2 aromatic rings. The van der Waals surface area contributed by atoms with Crippen molar-refractivity contribution in [1.82, 2.24) is 0 Å². The van der Waals surface area contributed by atoms with Gasteiger partial charge < -0.3 is 0 Å². The smallest absolute Gasteiger partial charge is 0.0429 e. The van der Waals surface area contributed by atoms with E-state index in [1.807, 2.05) is 0 Å². The number of hydrogen-bond donors (Lipinski definition) is 0. The fourth-order valence-corrected chi connectivity index (χ4v) is 3.92. The van der Waals surface area contributed by atoms with Crippen molar-refractivity contribution >= 4 is 15.9 Å². The van der Waals surface area contributed by atoms with Gasteiger partial charge in [0.15, 0.2) is 0 Å². The molecule has 0 bridgehead atoms. The molecule has 3 rings (SSSR count). The molecule has 0 aliphatic heterocycles. The molecule has 0 saturated heterocycles. The summed E-state index contributed by atoms with van der Waals surface area (Å²) in [7, 11) is 0. The SMILES string of the molecule is CC(C)(C)c1ccc(C(Br)C2Cc3ccccc3C2)cc1. The Morgan fingerprint density at radius 3 is 1.90 bits per heavy atom. The molecule has 0 spiro atoms. The van der Waals surface area contributed by atoms with Crippen molar-refractivity contribution < 1.29 is 0 Å². The molecular weight excluding hydrogens is 320 g/mol. The van der Waals surface area contributed by atoms with Crippen molar-refractivity contribution in [2.24, 2.45) is 5.92 Å². The first-order valence-electron chi connectivity index (χ1n) is 7.76. The van der Waals surface area contributed by atoms with Crippen LogP contribution in [0.2, 0.25) is 0 Å². The highest BCUT2D eigenvalue weighted by molar-refractivity contribution is 9.09. The summed E-state index contributed by atoms with van der Waals surface area (Å²) in [5, 5.41) is 0. The van der Waals surface area contributed by atoms with Crippen molar-refractivity contribution in [2.45, 2.75) is 43.9 Å². The molecule has 0 aromatic heterocycles. The van der Waals surface area contributed by atoms with Gasteiger partial charge in [0.25, 0.3) is 0 Å². The molecule has 21 heavy (non-hydrogen) atoms. The van der Waals surface area contributed by atoms with Crippen LogP contribution in [0.1, 0.15) is 47.9 Å². The number of halogens is 1. The number of rotatable bonds is 2. The minimum absolute atomic E-state index is 0.226. The summed E-state index contributed by atoms with van der Waals surface area (Å²) in [4.78, 5) is 0.443. The molecule has 0 amide bonds. The Morgan fingerprint density at radius 2 is 1.43 bits per heavy atom. The maximum atomic E-state index is 3.95. The minimum Gasteiger partial charge on any atom is -0.0835 e. The Balaban J connectivity index is 1.76. The average Bonchev–Trinajstić information content (AvgIpc) is 2.89.